The molecule has 0 aliphatic heterocycles. The van der Waals surface area contributed by atoms with Crippen LogP contribution in [0.2, 0.25) is 0 Å². The van der Waals surface area contributed by atoms with Crippen molar-refractivity contribution in [3.05, 3.63) is 91.0 Å². The average Bonchev–Trinajstić information content (AvgIpc) is 2.71. The first kappa shape index (κ1) is 19.8. The fraction of sp³-hybridized carbons (Fsp3) is 0.208. The molecule has 4 rings (SSSR count). The van der Waals surface area contributed by atoms with Crippen LogP contribution in [0.1, 0.15) is 25.7 Å². The SMILES string of the molecule is O=C1CCCC([P+](c2ccccc2)(c2ccccc2)c2ccccc2)C1.[Cl-]. The molecule has 1 fully saturated rings. The van der Waals surface area contributed by atoms with Gasteiger partial charge >= 0.3 is 0 Å². The Kier molecular flexibility index (Phi) is 6.47. The van der Waals surface area contributed by atoms with Crippen molar-refractivity contribution >= 4 is 29.0 Å². The zero-order chi connectivity index (χ0) is 17.8. The third-order valence-electron chi connectivity index (χ3n) is 5.49. The van der Waals surface area contributed by atoms with Gasteiger partial charge in [-0.1, -0.05) is 54.6 Å². The highest BCUT2D eigenvalue weighted by Crippen LogP contribution is 2.62. The smallest absolute Gasteiger partial charge is 0.136 e. The van der Waals surface area contributed by atoms with Crippen LogP contribution >= 0.6 is 7.26 Å². The maximum Gasteiger partial charge on any atom is 0.136 e. The number of hydrogen-bond acceptors (Lipinski definition) is 1. The van der Waals surface area contributed by atoms with Crippen LogP contribution in [0.15, 0.2) is 91.0 Å². The van der Waals surface area contributed by atoms with Crippen molar-refractivity contribution in [1.82, 2.24) is 0 Å². The van der Waals surface area contributed by atoms with E-state index in [9.17, 15) is 4.79 Å². The van der Waals surface area contributed by atoms with Crippen molar-refractivity contribution in [3.8, 4) is 0 Å². The molecular weight excluding hydrogens is 371 g/mol. The van der Waals surface area contributed by atoms with Crippen molar-refractivity contribution in [3.63, 3.8) is 0 Å². The zero-order valence-electron chi connectivity index (χ0n) is 15.3. The Morgan fingerprint density at radius 2 is 1.07 bits per heavy atom. The van der Waals surface area contributed by atoms with Gasteiger partial charge in [-0.3, -0.25) is 4.79 Å². The number of carbonyl (C=O) groups is 1. The van der Waals surface area contributed by atoms with Crippen LogP contribution in [0, 0.1) is 0 Å². The predicted octanol–water partition coefficient (Wildman–Crippen LogP) is 1.50. The average molecular weight is 395 g/mol. The molecule has 3 aromatic carbocycles. The first-order valence-corrected chi connectivity index (χ1v) is 11.2. The lowest BCUT2D eigenvalue weighted by Gasteiger charge is -2.36. The minimum Gasteiger partial charge on any atom is -1.00 e. The first-order chi connectivity index (χ1) is 12.8. The zero-order valence-corrected chi connectivity index (χ0v) is 16.9. The molecule has 27 heavy (non-hydrogen) atoms. The van der Waals surface area contributed by atoms with E-state index in [1.54, 1.807) is 0 Å². The molecule has 0 saturated heterocycles. The van der Waals surface area contributed by atoms with Crippen molar-refractivity contribution in [2.24, 2.45) is 0 Å². The number of rotatable bonds is 4. The molecule has 1 atom stereocenters. The Labute approximate surface area is 168 Å². The van der Waals surface area contributed by atoms with Crippen molar-refractivity contribution < 1.29 is 17.2 Å². The maximum absolute atomic E-state index is 12.4. The predicted molar refractivity (Wildman–Crippen MR) is 112 cm³/mol. The lowest BCUT2D eigenvalue weighted by molar-refractivity contribution is -0.120. The molecule has 0 radical (unpaired) electrons. The number of Topliss-reactive ketones (excluding diaryl/α,β-unsaturated/α-hetero) is 1. The highest BCUT2D eigenvalue weighted by molar-refractivity contribution is 7.96. The Balaban J connectivity index is 0.00000210. The summed E-state index contributed by atoms with van der Waals surface area (Å²) in [6, 6.07) is 32.7. The summed E-state index contributed by atoms with van der Waals surface area (Å²) < 4.78 is 0. The topological polar surface area (TPSA) is 17.1 Å². The van der Waals surface area contributed by atoms with Gasteiger partial charge in [0.05, 0.1) is 5.66 Å². The van der Waals surface area contributed by atoms with Gasteiger partial charge in [0.1, 0.15) is 29.0 Å². The van der Waals surface area contributed by atoms with Gasteiger partial charge < -0.3 is 12.4 Å². The minimum atomic E-state index is -1.89. The second-order valence-electron chi connectivity index (χ2n) is 7.02. The Morgan fingerprint density at radius 1 is 0.667 bits per heavy atom. The van der Waals surface area contributed by atoms with E-state index in [2.05, 4.69) is 91.0 Å². The van der Waals surface area contributed by atoms with E-state index in [-0.39, 0.29) is 12.4 Å². The molecule has 138 valence electrons. The Morgan fingerprint density at radius 3 is 1.44 bits per heavy atom. The van der Waals surface area contributed by atoms with E-state index in [0.29, 0.717) is 17.9 Å². The Bertz CT molecular complexity index is 768. The summed E-state index contributed by atoms with van der Waals surface area (Å²) in [4.78, 5) is 12.4. The molecule has 3 aromatic rings. The molecule has 1 nitrogen and oxygen atoms in total. The van der Waals surface area contributed by atoms with Crippen molar-refractivity contribution in [2.45, 2.75) is 31.3 Å². The fourth-order valence-corrected chi connectivity index (χ4v) is 9.54. The van der Waals surface area contributed by atoms with Crippen molar-refractivity contribution in [1.29, 1.82) is 0 Å². The van der Waals surface area contributed by atoms with E-state index < -0.39 is 7.26 Å². The van der Waals surface area contributed by atoms with Gasteiger partial charge in [0, 0.05) is 12.8 Å². The third kappa shape index (κ3) is 3.72. The minimum absolute atomic E-state index is 0. The van der Waals surface area contributed by atoms with Crippen LogP contribution < -0.4 is 28.3 Å². The van der Waals surface area contributed by atoms with Crippen LogP contribution in [-0.2, 0) is 4.79 Å². The fourth-order valence-electron chi connectivity index (χ4n) is 4.40. The van der Waals surface area contributed by atoms with Crippen LogP contribution in [0.4, 0.5) is 0 Å². The lowest BCUT2D eigenvalue weighted by atomic mass is 9.99. The number of hydrogen-bond donors (Lipinski definition) is 0. The summed E-state index contributed by atoms with van der Waals surface area (Å²) in [5, 5.41) is 4.16. The number of carbonyl (C=O) groups excluding carboxylic acids is 1. The van der Waals surface area contributed by atoms with Gasteiger partial charge in [-0.15, -0.1) is 0 Å². The second-order valence-corrected chi connectivity index (χ2v) is 10.7. The van der Waals surface area contributed by atoms with Gasteiger partial charge in [-0.2, -0.15) is 0 Å². The third-order valence-corrected chi connectivity index (χ3v) is 10.4. The second kappa shape index (κ2) is 8.83. The summed E-state index contributed by atoms with van der Waals surface area (Å²) in [6.07, 6.45) is 3.58. The van der Waals surface area contributed by atoms with E-state index >= 15 is 0 Å². The molecule has 0 bridgehead atoms. The molecule has 0 amide bonds. The number of ketones is 1. The summed E-state index contributed by atoms with van der Waals surface area (Å²) in [7, 11) is -1.89. The number of halogens is 1. The molecule has 1 saturated carbocycles. The quantitative estimate of drug-likeness (QED) is 0.613. The highest BCUT2D eigenvalue weighted by Gasteiger charge is 2.53. The van der Waals surface area contributed by atoms with Gasteiger partial charge in [-0.25, -0.2) is 0 Å². The summed E-state index contributed by atoms with van der Waals surface area (Å²) in [5.74, 6) is 0.424. The van der Waals surface area contributed by atoms with Crippen LogP contribution in [0.3, 0.4) is 0 Å². The largest absolute Gasteiger partial charge is 1.00 e. The molecule has 0 aromatic heterocycles. The van der Waals surface area contributed by atoms with Crippen LogP contribution in [-0.4, -0.2) is 11.4 Å². The van der Waals surface area contributed by atoms with Crippen LogP contribution in [0.5, 0.6) is 0 Å². The molecule has 0 spiro atoms. The van der Waals surface area contributed by atoms with Gasteiger partial charge in [0.15, 0.2) is 0 Å². The first-order valence-electron chi connectivity index (χ1n) is 9.39. The van der Waals surface area contributed by atoms with E-state index in [1.165, 1.54) is 15.9 Å². The van der Waals surface area contributed by atoms with Crippen LogP contribution in [0.25, 0.3) is 0 Å². The normalized spacial score (nSPS) is 17.2. The highest BCUT2D eigenvalue weighted by atomic mass is 35.5. The molecule has 0 N–H and O–H groups in total. The summed E-state index contributed by atoms with van der Waals surface area (Å²) in [5.41, 5.74) is 0.385. The van der Waals surface area contributed by atoms with Crippen molar-refractivity contribution in [2.75, 3.05) is 0 Å². The standard InChI is InChI=1S/C24H24OP.ClH/c25-20-11-10-18-24(19-20)26(21-12-4-1-5-13-21,22-14-6-2-7-15-22)23-16-8-3-9-17-23;/h1-9,12-17,24H,10-11,18-19H2;1H/q+1;/p-1. The lowest BCUT2D eigenvalue weighted by Crippen LogP contribution is -3.00. The molecule has 3 heteroatoms. The Hall–Kier alpha value is -1.95. The molecular formula is C24H24ClOP. The molecule has 1 aliphatic rings. The summed E-state index contributed by atoms with van der Waals surface area (Å²) in [6.45, 7) is 0. The van der Waals surface area contributed by atoms with Gasteiger partial charge in [0.2, 0.25) is 0 Å². The van der Waals surface area contributed by atoms with Gasteiger partial charge in [0.25, 0.3) is 0 Å². The van der Waals surface area contributed by atoms with Gasteiger partial charge in [-0.05, 0) is 49.2 Å². The molecule has 0 heterocycles. The molecule has 1 unspecified atom stereocenters. The number of benzene rings is 3. The van der Waals surface area contributed by atoms with E-state index in [4.69, 9.17) is 0 Å². The van der Waals surface area contributed by atoms with E-state index in [0.717, 1.165) is 19.3 Å². The molecule has 1 aliphatic carbocycles. The summed E-state index contributed by atoms with van der Waals surface area (Å²) >= 11 is 0. The monoisotopic (exact) mass is 394 g/mol. The maximum atomic E-state index is 12.4. The van der Waals surface area contributed by atoms with E-state index in [1.807, 2.05) is 0 Å².